The summed E-state index contributed by atoms with van der Waals surface area (Å²) in [6.45, 7) is 0. The second-order valence-corrected chi connectivity index (χ2v) is 8.98. The van der Waals surface area contributed by atoms with Gasteiger partial charge >= 0.3 is 0 Å². The van der Waals surface area contributed by atoms with Crippen LogP contribution >= 0.6 is 11.6 Å². The van der Waals surface area contributed by atoms with Crippen molar-refractivity contribution in [2.24, 2.45) is 17.6 Å². The van der Waals surface area contributed by atoms with E-state index in [0.29, 0.717) is 16.7 Å². The van der Waals surface area contributed by atoms with Crippen LogP contribution in [-0.2, 0) is 16.0 Å². The molecule has 1 heterocycles. The molecule has 5 rings (SSSR count). The fourth-order valence-electron chi connectivity index (χ4n) is 5.34. The maximum atomic E-state index is 13.5. The number of halogens is 1. The van der Waals surface area contributed by atoms with Gasteiger partial charge in [-0.2, -0.15) is 0 Å². The molecule has 2 unspecified atom stereocenters. The molecular formula is C23H18ClN3O7. The summed E-state index contributed by atoms with van der Waals surface area (Å²) in [6, 6.07) is 2.93. The van der Waals surface area contributed by atoms with Crippen LogP contribution < -0.4 is 5.73 Å². The van der Waals surface area contributed by atoms with Gasteiger partial charge in [0.25, 0.3) is 5.91 Å². The van der Waals surface area contributed by atoms with Crippen molar-refractivity contribution in [1.29, 1.82) is 0 Å². The van der Waals surface area contributed by atoms with Crippen molar-refractivity contribution in [1.82, 2.24) is 9.97 Å². The normalized spacial score (nSPS) is 26.2. The van der Waals surface area contributed by atoms with Gasteiger partial charge in [-0.05, 0) is 47.6 Å². The number of carbonyl (C=O) groups excluding carboxylic acids is 3. The number of ketones is 2. The molecule has 0 radical (unpaired) electrons. The van der Waals surface area contributed by atoms with E-state index in [1.165, 1.54) is 18.5 Å². The number of aliphatic hydroxyl groups excluding tert-OH is 2. The summed E-state index contributed by atoms with van der Waals surface area (Å²) < 4.78 is 0. The molecule has 3 aliphatic rings. The quantitative estimate of drug-likeness (QED) is 0.313. The van der Waals surface area contributed by atoms with Crippen molar-refractivity contribution in [3.8, 4) is 16.9 Å². The number of aliphatic hydroxyl groups is 3. The van der Waals surface area contributed by atoms with Crippen LogP contribution in [0.5, 0.6) is 5.75 Å². The largest absolute Gasteiger partial charge is 0.511 e. The summed E-state index contributed by atoms with van der Waals surface area (Å²) in [4.78, 5) is 46.1. The molecule has 2 aromatic rings. The zero-order valence-corrected chi connectivity index (χ0v) is 18.2. The van der Waals surface area contributed by atoms with Crippen molar-refractivity contribution in [2.45, 2.75) is 24.9 Å². The van der Waals surface area contributed by atoms with Gasteiger partial charge in [-0.15, -0.1) is 0 Å². The van der Waals surface area contributed by atoms with Crippen LogP contribution in [0.4, 0.5) is 0 Å². The predicted molar refractivity (Wildman–Crippen MR) is 117 cm³/mol. The van der Waals surface area contributed by atoms with Gasteiger partial charge in [0, 0.05) is 35.9 Å². The van der Waals surface area contributed by atoms with Crippen molar-refractivity contribution < 1.29 is 34.8 Å². The standard InChI is InChI=1S/C23H18ClN3O7/c24-22-26-6-9(7-27-22)11-1-2-13(28)16-12(11)4-8-3-10-5-14(29)17(21(25)33)20(32)23(10,34)19(31)15(8)18(16)30/h1-2,6-8,10,28-29,31,34H,3-5H2,(H2,25,33)/t8?,10?,23-/m0/s1. The number of nitrogens with zero attached hydrogens (tertiary/aromatic N) is 2. The third kappa shape index (κ3) is 2.88. The summed E-state index contributed by atoms with van der Waals surface area (Å²) in [7, 11) is 0. The number of carbonyl (C=O) groups is 3. The Hall–Kier alpha value is -3.76. The lowest BCUT2D eigenvalue weighted by atomic mass is 9.60. The minimum absolute atomic E-state index is 0.0411. The fourth-order valence-corrected chi connectivity index (χ4v) is 5.44. The molecular weight excluding hydrogens is 466 g/mol. The first-order chi connectivity index (χ1) is 16.1. The van der Waals surface area contributed by atoms with Gasteiger partial charge in [-0.1, -0.05) is 6.07 Å². The predicted octanol–water partition coefficient (Wildman–Crippen LogP) is 1.69. The first kappa shape index (κ1) is 22.1. The fraction of sp³-hybridized carbons (Fsp3) is 0.261. The number of aromatic hydroxyl groups is 1. The Morgan fingerprint density at radius 3 is 2.44 bits per heavy atom. The second kappa shape index (κ2) is 7.37. The molecule has 0 aliphatic heterocycles. The highest BCUT2D eigenvalue weighted by Crippen LogP contribution is 2.52. The number of benzene rings is 1. The van der Waals surface area contributed by atoms with E-state index in [9.17, 15) is 34.8 Å². The third-order valence-electron chi connectivity index (χ3n) is 6.88. The molecule has 0 saturated heterocycles. The number of allylic oxidation sites excluding steroid dienone is 2. The number of rotatable bonds is 2. The number of amides is 1. The van der Waals surface area contributed by atoms with Crippen LogP contribution in [0, 0.1) is 11.8 Å². The minimum atomic E-state index is -2.59. The molecule has 1 aromatic heterocycles. The molecule has 3 atom stereocenters. The van der Waals surface area contributed by atoms with Crippen LogP contribution in [0.1, 0.15) is 28.8 Å². The van der Waals surface area contributed by atoms with Gasteiger partial charge in [-0.25, -0.2) is 9.97 Å². The van der Waals surface area contributed by atoms with Crippen molar-refractivity contribution in [2.75, 3.05) is 0 Å². The van der Waals surface area contributed by atoms with E-state index >= 15 is 0 Å². The number of aromatic nitrogens is 2. The van der Waals surface area contributed by atoms with Crippen LogP contribution in [0.25, 0.3) is 11.1 Å². The Kier molecular flexibility index (Phi) is 4.78. The molecule has 1 amide bonds. The summed E-state index contributed by atoms with van der Waals surface area (Å²) in [5, 5.41) is 43.1. The number of Topliss-reactive ketones (excluding diaryl/α,β-unsaturated/α-hetero) is 2. The second-order valence-electron chi connectivity index (χ2n) is 8.64. The van der Waals surface area contributed by atoms with Gasteiger partial charge in [0.2, 0.25) is 11.1 Å². The Labute approximate surface area is 197 Å². The molecule has 34 heavy (non-hydrogen) atoms. The maximum absolute atomic E-state index is 13.5. The number of phenolic OH excluding ortho intramolecular Hbond substituents is 1. The maximum Gasteiger partial charge on any atom is 0.255 e. The lowest BCUT2D eigenvalue weighted by molar-refractivity contribution is -0.144. The van der Waals surface area contributed by atoms with Gasteiger partial charge in [0.1, 0.15) is 22.8 Å². The van der Waals surface area contributed by atoms with Gasteiger partial charge in [0.05, 0.1) is 5.56 Å². The van der Waals surface area contributed by atoms with E-state index in [1.54, 1.807) is 6.07 Å². The molecule has 0 saturated carbocycles. The molecule has 0 fully saturated rings. The third-order valence-corrected chi connectivity index (χ3v) is 7.07. The molecule has 10 nitrogen and oxygen atoms in total. The number of hydrogen-bond acceptors (Lipinski definition) is 9. The van der Waals surface area contributed by atoms with Crippen LogP contribution in [0.3, 0.4) is 0 Å². The summed E-state index contributed by atoms with van der Waals surface area (Å²) in [5.74, 6) is -6.67. The van der Waals surface area contributed by atoms with Crippen molar-refractivity contribution in [3.63, 3.8) is 0 Å². The van der Waals surface area contributed by atoms with Crippen molar-refractivity contribution >= 4 is 29.1 Å². The van der Waals surface area contributed by atoms with E-state index in [1.807, 2.05) is 0 Å². The lowest BCUT2D eigenvalue weighted by Gasteiger charge is -2.45. The molecule has 174 valence electrons. The van der Waals surface area contributed by atoms with E-state index in [2.05, 4.69) is 9.97 Å². The van der Waals surface area contributed by atoms with E-state index in [4.69, 9.17) is 17.3 Å². The van der Waals surface area contributed by atoms with Crippen LogP contribution in [0.2, 0.25) is 5.28 Å². The Morgan fingerprint density at radius 1 is 1.12 bits per heavy atom. The van der Waals surface area contributed by atoms with Crippen LogP contribution in [0.15, 0.2) is 47.2 Å². The number of fused-ring (bicyclic) bond motifs is 3. The van der Waals surface area contributed by atoms with E-state index < -0.39 is 52.0 Å². The molecule has 11 heteroatoms. The minimum Gasteiger partial charge on any atom is -0.511 e. The van der Waals surface area contributed by atoms with E-state index in [0.717, 1.165) is 0 Å². The SMILES string of the molecule is NC(=O)C1=C(O)CC2CC3Cc4c(-c5cnc(Cl)nc5)ccc(O)c4C(=O)C3=C(O)[C@]2(O)C1=O. The highest BCUT2D eigenvalue weighted by molar-refractivity contribution is 6.28. The smallest absolute Gasteiger partial charge is 0.255 e. The number of hydrogen-bond donors (Lipinski definition) is 5. The average Bonchev–Trinajstić information content (AvgIpc) is 2.77. The first-order valence-electron chi connectivity index (χ1n) is 10.4. The van der Waals surface area contributed by atoms with Gasteiger partial charge in [-0.3, -0.25) is 14.4 Å². The molecule has 1 aromatic carbocycles. The van der Waals surface area contributed by atoms with Crippen LogP contribution in [-0.4, -0.2) is 53.5 Å². The molecule has 0 bridgehead atoms. The highest BCUT2D eigenvalue weighted by atomic mass is 35.5. The van der Waals surface area contributed by atoms with Crippen molar-refractivity contribution in [3.05, 3.63) is 63.6 Å². The zero-order chi connectivity index (χ0) is 24.5. The molecule has 0 spiro atoms. The summed E-state index contributed by atoms with van der Waals surface area (Å²) in [6.07, 6.45) is 2.90. The lowest BCUT2D eigenvalue weighted by Crippen LogP contribution is -2.57. The van der Waals surface area contributed by atoms with E-state index in [-0.39, 0.29) is 41.4 Å². The van der Waals surface area contributed by atoms with Gasteiger partial charge < -0.3 is 26.2 Å². The Bertz CT molecular complexity index is 1370. The highest BCUT2D eigenvalue weighted by Gasteiger charge is 2.59. The molecule has 3 aliphatic carbocycles. The summed E-state index contributed by atoms with van der Waals surface area (Å²) in [5.41, 5.74) is 3.12. The topological polar surface area (TPSA) is 184 Å². The molecule has 6 N–H and O–H groups in total. The number of phenols is 1. The monoisotopic (exact) mass is 483 g/mol. The first-order valence-corrected chi connectivity index (χ1v) is 10.7. The Balaban J connectivity index is 1.68. The average molecular weight is 484 g/mol. The Morgan fingerprint density at radius 2 is 1.79 bits per heavy atom. The van der Waals surface area contributed by atoms with Gasteiger partial charge in [0.15, 0.2) is 11.4 Å². The zero-order valence-electron chi connectivity index (χ0n) is 17.4. The number of nitrogens with two attached hydrogens (primary N) is 1. The number of primary amides is 1. The summed E-state index contributed by atoms with van der Waals surface area (Å²) >= 11 is 5.77.